The van der Waals surface area contributed by atoms with Crippen LogP contribution >= 0.6 is 0 Å². The van der Waals surface area contributed by atoms with Gasteiger partial charge in [0.05, 0.1) is 6.10 Å². The van der Waals surface area contributed by atoms with Crippen LogP contribution in [0.2, 0.25) is 0 Å². The fourth-order valence-corrected chi connectivity index (χ4v) is 2.03. The van der Waals surface area contributed by atoms with E-state index in [1.54, 1.807) is 11.8 Å². The highest BCUT2D eigenvalue weighted by atomic mass is 16.3. The van der Waals surface area contributed by atoms with Gasteiger partial charge in [-0.1, -0.05) is 17.7 Å². The van der Waals surface area contributed by atoms with Gasteiger partial charge in [-0.05, 0) is 31.9 Å². The van der Waals surface area contributed by atoms with Gasteiger partial charge >= 0.3 is 0 Å². The third-order valence-electron chi connectivity index (χ3n) is 2.96. The number of aliphatic hydroxyl groups excluding tert-OH is 1. The van der Waals surface area contributed by atoms with Crippen LogP contribution in [-0.4, -0.2) is 28.6 Å². The maximum atomic E-state index is 12.0. The molecule has 3 nitrogen and oxygen atoms in total. The van der Waals surface area contributed by atoms with Crippen LogP contribution in [0.3, 0.4) is 0 Å². The van der Waals surface area contributed by atoms with Gasteiger partial charge in [0.15, 0.2) is 0 Å². The van der Waals surface area contributed by atoms with Gasteiger partial charge in [0.25, 0.3) is 5.91 Å². The molecule has 2 rings (SSSR count). The van der Waals surface area contributed by atoms with Gasteiger partial charge in [0.2, 0.25) is 0 Å². The minimum absolute atomic E-state index is 0.0932. The Labute approximate surface area is 95.7 Å². The van der Waals surface area contributed by atoms with Crippen LogP contribution in [0, 0.1) is 6.92 Å². The summed E-state index contributed by atoms with van der Waals surface area (Å²) in [4.78, 5) is 13.8. The van der Waals surface area contributed by atoms with Crippen LogP contribution in [0.5, 0.6) is 0 Å². The molecule has 16 heavy (non-hydrogen) atoms. The topological polar surface area (TPSA) is 40.5 Å². The lowest BCUT2D eigenvalue weighted by Gasteiger charge is -2.16. The number of rotatable bonds is 3. The molecule has 0 saturated heterocycles. The summed E-state index contributed by atoms with van der Waals surface area (Å²) in [5, 5.41) is 9.22. The van der Waals surface area contributed by atoms with Crippen molar-refractivity contribution in [1.82, 2.24) is 4.90 Å². The van der Waals surface area contributed by atoms with Gasteiger partial charge < -0.3 is 10.0 Å². The Kier molecular flexibility index (Phi) is 2.97. The normalized spacial score (nSPS) is 16.4. The zero-order valence-corrected chi connectivity index (χ0v) is 9.73. The number of hydrogen-bond acceptors (Lipinski definition) is 2. The highest BCUT2D eigenvalue weighted by Gasteiger charge is 2.26. The second-order valence-electron chi connectivity index (χ2n) is 4.53. The Morgan fingerprint density at radius 2 is 2.25 bits per heavy atom. The van der Waals surface area contributed by atoms with Crippen molar-refractivity contribution in [1.29, 1.82) is 0 Å². The Hall–Kier alpha value is -1.35. The average molecular weight is 219 g/mol. The quantitative estimate of drug-likeness (QED) is 0.841. The number of aliphatic hydroxyl groups is 1. The molecule has 0 aromatic heterocycles. The largest absolute Gasteiger partial charge is 0.393 e. The van der Waals surface area contributed by atoms with E-state index in [1.807, 2.05) is 19.1 Å². The van der Waals surface area contributed by atoms with Gasteiger partial charge in [0, 0.05) is 18.7 Å². The van der Waals surface area contributed by atoms with Crippen molar-refractivity contribution < 1.29 is 9.90 Å². The first-order valence-electron chi connectivity index (χ1n) is 5.65. The van der Waals surface area contributed by atoms with E-state index < -0.39 is 0 Å². The van der Waals surface area contributed by atoms with E-state index in [-0.39, 0.29) is 12.0 Å². The van der Waals surface area contributed by atoms with Crippen molar-refractivity contribution in [3.05, 3.63) is 34.9 Å². The summed E-state index contributed by atoms with van der Waals surface area (Å²) < 4.78 is 0. The van der Waals surface area contributed by atoms with E-state index in [0.29, 0.717) is 19.5 Å². The molecular formula is C13H17NO2. The van der Waals surface area contributed by atoms with Crippen molar-refractivity contribution in [2.75, 3.05) is 6.54 Å². The molecule has 0 spiro atoms. The van der Waals surface area contributed by atoms with E-state index in [9.17, 15) is 9.90 Å². The Morgan fingerprint density at radius 1 is 1.50 bits per heavy atom. The molecule has 1 aromatic rings. The fraction of sp³-hybridized carbons (Fsp3) is 0.462. The van der Waals surface area contributed by atoms with E-state index in [0.717, 1.165) is 11.1 Å². The van der Waals surface area contributed by atoms with E-state index in [2.05, 4.69) is 6.07 Å². The molecule has 0 aliphatic carbocycles. The molecule has 0 fully saturated rings. The molecular weight excluding hydrogens is 202 g/mol. The summed E-state index contributed by atoms with van der Waals surface area (Å²) in [7, 11) is 0. The minimum Gasteiger partial charge on any atom is -0.393 e. The van der Waals surface area contributed by atoms with Crippen LogP contribution in [0.15, 0.2) is 18.2 Å². The van der Waals surface area contributed by atoms with E-state index in [4.69, 9.17) is 0 Å². The van der Waals surface area contributed by atoms with Crippen molar-refractivity contribution >= 4 is 5.91 Å². The first-order chi connectivity index (χ1) is 7.58. The number of aryl methyl sites for hydroxylation is 1. The second kappa shape index (κ2) is 4.26. The first-order valence-corrected chi connectivity index (χ1v) is 5.65. The van der Waals surface area contributed by atoms with Gasteiger partial charge in [-0.15, -0.1) is 0 Å². The fourth-order valence-electron chi connectivity index (χ4n) is 2.03. The number of carbonyl (C=O) groups is 1. The molecule has 1 aliphatic heterocycles. The second-order valence-corrected chi connectivity index (χ2v) is 4.53. The third-order valence-corrected chi connectivity index (χ3v) is 2.96. The van der Waals surface area contributed by atoms with Crippen LogP contribution in [0.1, 0.15) is 34.8 Å². The number of carbonyl (C=O) groups excluding carboxylic acids is 1. The molecule has 1 N–H and O–H groups in total. The maximum Gasteiger partial charge on any atom is 0.254 e. The Bertz CT molecular complexity index is 412. The summed E-state index contributed by atoms with van der Waals surface area (Å²) in [6, 6.07) is 5.93. The molecule has 1 aliphatic rings. The van der Waals surface area contributed by atoms with E-state index in [1.165, 1.54) is 5.56 Å². The van der Waals surface area contributed by atoms with Crippen LogP contribution in [0.25, 0.3) is 0 Å². The molecule has 1 heterocycles. The minimum atomic E-state index is -0.349. The summed E-state index contributed by atoms with van der Waals surface area (Å²) in [6.45, 7) is 5.09. The summed E-state index contributed by atoms with van der Waals surface area (Å²) in [5.74, 6) is 0.0932. The van der Waals surface area contributed by atoms with Crippen molar-refractivity contribution in [3.8, 4) is 0 Å². The third kappa shape index (κ3) is 2.09. The van der Waals surface area contributed by atoms with Gasteiger partial charge in [0.1, 0.15) is 0 Å². The maximum absolute atomic E-state index is 12.0. The lowest BCUT2D eigenvalue weighted by molar-refractivity contribution is 0.0748. The molecule has 0 saturated carbocycles. The van der Waals surface area contributed by atoms with Crippen LogP contribution in [0.4, 0.5) is 0 Å². The average Bonchev–Trinajstić information content (AvgIpc) is 2.52. The number of hydrogen-bond donors (Lipinski definition) is 1. The number of amides is 1. The van der Waals surface area contributed by atoms with Crippen LogP contribution < -0.4 is 0 Å². The standard InChI is InChI=1S/C13H17NO2/c1-9-3-4-12-11(7-9)8-14(13(12)16)6-5-10(2)15/h3-4,7,10,15H,5-6,8H2,1-2H3. The lowest BCUT2D eigenvalue weighted by atomic mass is 10.1. The number of fused-ring (bicyclic) bond motifs is 1. The molecule has 1 unspecified atom stereocenters. The van der Waals surface area contributed by atoms with Crippen LogP contribution in [-0.2, 0) is 6.54 Å². The Balaban J connectivity index is 2.11. The smallest absolute Gasteiger partial charge is 0.254 e. The molecule has 1 aromatic carbocycles. The molecule has 0 bridgehead atoms. The van der Waals surface area contributed by atoms with Crippen molar-refractivity contribution in [2.45, 2.75) is 32.9 Å². The predicted octanol–water partition coefficient (Wildman–Crippen LogP) is 1.72. The summed E-state index contributed by atoms with van der Waals surface area (Å²) in [6.07, 6.45) is 0.289. The Morgan fingerprint density at radius 3 is 2.94 bits per heavy atom. The lowest BCUT2D eigenvalue weighted by Crippen LogP contribution is -2.27. The molecule has 1 amide bonds. The van der Waals surface area contributed by atoms with Gasteiger partial charge in [-0.25, -0.2) is 0 Å². The van der Waals surface area contributed by atoms with Gasteiger partial charge in [-0.2, -0.15) is 0 Å². The highest BCUT2D eigenvalue weighted by Crippen LogP contribution is 2.23. The number of nitrogens with zero attached hydrogens (tertiary/aromatic N) is 1. The van der Waals surface area contributed by atoms with Gasteiger partial charge in [-0.3, -0.25) is 4.79 Å². The molecule has 1 atom stereocenters. The van der Waals surface area contributed by atoms with Crippen molar-refractivity contribution in [2.24, 2.45) is 0 Å². The molecule has 3 heteroatoms. The monoisotopic (exact) mass is 219 g/mol. The SMILES string of the molecule is Cc1ccc2c(c1)CN(CCC(C)O)C2=O. The highest BCUT2D eigenvalue weighted by molar-refractivity contribution is 5.98. The predicted molar refractivity (Wildman–Crippen MR) is 62.2 cm³/mol. The molecule has 0 radical (unpaired) electrons. The van der Waals surface area contributed by atoms with Crippen molar-refractivity contribution in [3.63, 3.8) is 0 Å². The molecule has 86 valence electrons. The summed E-state index contributed by atoms with van der Waals surface area (Å²) >= 11 is 0. The summed E-state index contributed by atoms with van der Waals surface area (Å²) in [5.41, 5.74) is 3.11. The first kappa shape index (κ1) is 11.1. The number of benzene rings is 1. The van der Waals surface area contributed by atoms with E-state index >= 15 is 0 Å². The zero-order chi connectivity index (χ0) is 11.7. The zero-order valence-electron chi connectivity index (χ0n) is 9.73.